The van der Waals surface area contributed by atoms with Crippen molar-refractivity contribution in [3.63, 3.8) is 0 Å². The molecule has 0 heterocycles. The maximum atomic E-state index is 13.2. The summed E-state index contributed by atoms with van der Waals surface area (Å²) < 4.78 is 5.88. The Morgan fingerprint density at radius 3 is 1.89 bits per heavy atom. The zero-order valence-electron chi connectivity index (χ0n) is 19.0. The number of hydrogen-bond acceptors (Lipinski definition) is 5. The molecule has 0 aliphatic heterocycles. The Kier molecular flexibility index (Phi) is 7.70. The molecule has 0 aliphatic rings. The average molecular weight is 482 g/mol. The van der Waals surface area contributed by atoms with Crippen LogP contribution in [0.4, 0.5) is 11.4 Å². The van der Waals surface area contributed by atoms with E-state index in [0.717, 1.165) is 0 Å². The van der Waals surface area contributed by atoms with Crippen molar-refractivity contribution >= 4 is 29.1 Å². The van der Waals surface area contributed by atoms with Gasteiger partial charge >= 0.3 is 0 Å². The lowest BCUT2D eigenvalue weighted by Gasteiger charge is -2.18. The molecule has 8 nitrogen and oxygen atoms in total. The van der Waals surface area contributed by atoms with Gasteiger partial charge in [-0.1, -0.05) is 66.7 Å². The van der Waals surface area contributed by atoms with Gasteiger partial charge in [0.2, 0.25) is 5.91 Å². The van der Waals surface area contributed by atoms with Crippen LogP contribution in [0.5, 0.6) is 11.5 Å². The van der Waals surface area contributed by atoms with Crippen molar-refractivity contribution < 1.29 is 24.3 Å². The van der Waals surface area contributed by atoms with E-state index in [0.29, 0.717) is 22.6 Å². The van der Waals surface area contributed by atoms with Crippen molar-refractivity contribution in [2.24, 2.45) is 0 Å². The van der Waals surface area contributed by atoms with Crippen LogP contribution < -0.4 is 20.9 Å². The zero-order valence-corrected chi connectivity index (χ0v) is 19.0. The number of benzene rings is 4. The number of para-hydroxylation sites is 1. The number of carbonyl (C=O) groups excluding carboxylic acids is 3. The van der Waals surface area contributed by atoms with Crippen molar-refractivity contribution in [3.8, 4) is 11.5 Å². The number of amides is 3. The van der Waals surface area contributed by atoms with E-state index in [9.17, 15) is 19.6 Å². The summed E-state index contributed by atoms with van der Waals surface area (Å²) in [6, 6.07) is 30.8. The highest BCUT2D eigenvalue weighted by molar-refractivity contribution is 6.13. The normalized spacial score (nSPS) is 11.1. The quantitative estimate of drug-likeness (QED) is 0.161. The molecular formula is C28H23N3O5. The van der Waals surface area contributed by atoms with E-state index in [1.165, 1.54) is 0 Å². The Balaban J connectivity index is 1.65. The van der Waals surface area contributed by atoms with Crippen LogP contribution in [0.15, 0.2) is 109 Å². The summed E-state index contributed by atoms with van der Waals surface area (Å²) in [6.45, 7) is 0. The first-order valence-corrected chi connectivity index (χ1v) is 11.1. The van der Waals surface area contributed by atoms with E-state index in [1.807, 2.05) is 18.2 Å². The fourth-order valence-electron chi connectivity index (χ4n) is 3.54. The summed E-state index contributed by atoms with van der Waals surface area (Å²) in [7, 11) is 0. The Morgan fingerprint density at radius 1 is 0.639 bits per heavy atom. The highest BCUT2D eigenvalue weighted by atomic mass is 16.5. The molecule has 0 radical (unpaired) electrons. The number of hydroxylamine groups is 1. The first-order chi connectivity index (χ1) is 17.5. The zero-order chi connectivity index (χ0) is 25.3. The van der Waals surface area contributed by atoms with Crippen LogP contribution in [0, 0.1) is 0 Å². The third-order valence-electron chi connectivity index (χ3n) is 5.28. The molecule has 180 valence electrons. The lowest BCUT2D eigenvalue weighted by Crippen LogP contribution is -2.35. The largest absolute Gasteiger partial charge is 0.457 e. The minimum atomic E-state index is -1.32. The standard InChI is InChI=1S/C28H23N3O5/c32-26(20-12-6-2-7-13-20)30-24-18-22(36-21-14-8-3-9-15-21)16-17-23(24)29-27(33)25(28(34)31-35)19-10-4-1-5-11-19/h1-18,25,35H,(H,29,33)(H,30,32)(H,31,34). The van der Waals surface area contributed by atoms with Gasteiger partial charge in [0.15, 0.2) is 0 Å². The molecule has 4 aromatic carbocycles. The lowest BCUT2D eigenvalue weighted by molar-refractivity contribution is -0.135. The Labute approximate surface area is 207 Å². The van der Waals surface area contributed by atoms with Crippen LogP contribution in [0.3, 0.4) is 0 Å². The van der Waals surface area contributed by atoms with Gasteiger partial charge in [0.25, 0.3) is 11.8 Å². The third kappa shape index (κ3) is 5.94. The van der Waals surface area contributed by atoms with Crippen LogP contribution in [0.25, 0.3) is 0 Å². The second-order valence-electron chi connectivity index (χ2n) is 7.75. The summed E-state index contributed by atoms with van der Waals surface area (Å²) in [4.78, 5) is 38.4. The second-order valence-corrected chi connectivity index (χ2v) is 7.75. The first kappa shape index (κ1) is 24.2. The van der Waals surface area contributed by atoms with Gasteiger partial charge in [-0.3, -0.25) is 19.6 Å². The van der Waals surface area contributed by atoms with Crippen LogP contribution in [0.1, 0.15) is 21.8 Å². The minimum absolute atomic E-state index is 0.247. The van der Waals surface area contributed by atoms with Gasteiger partial charge in [0.1, 0.15) is 17.4 Å². The monoisotopic (exact) mass is 481 g/mol. The highest BCUT2D eigenvalue weighted by Crippen LogP contribution is 2.31. The van der Waals surface area contributed by atoms with E-state index < -0.39 is 23.6 Å². The summed E-state index contributed by atoms with van der Waals surface area (Å²) >= 11 is 0. The molecule has 0 aliphatic carbocycles. The first-order valence-electron chi connectivity index (χ1n) is 11.1. The molecule has 4 N–H and O–H groups in total. The van der Waals surface area contributed by atoms with Gasteiger partial charge in [0.05, 0.1) is 11.4 Å². The molecular weight excluding hydrogens is 458 g/mol. The van der Waals surface area contributed by atoms with Crippen molar-refractivity contribution in [1.29, 1.82) is 0 Å². The summed E-state index contributed by atoms with van der Waals surface area (Å²) in [5.41, 5.74) is 2.87. The smallest absolute Gasteiger partial charge is 0.260 e. The molecule has 0 bridgehead atoms. The van der Waals surface area contributed by atoms with Crippen LogP contribution in [0.2, 0.25) is 0 Å². The van der Waals surface area contributed by atoms with E-state index in [-0.39, 0.29) is 11.4 Å². The van der Waals surface area contributed by atoms with Gasteiger partial charge < -0.3 is 15.4 Å². The lowest BCUT2D eigenvalue weighted by atomic mass is 9.97. The SMILES string of the molecule is O=C(Nc1cc(Oc2ccccc2)ccc1NC(=O)C(C(=O)NO)c1ccccc1)c1ccccc1. The van der Waals surface area contributed by atoms with Crippen molar-refractivity contribution in [3.05, 3.63) is 120 Å². The number of carbonyl (C=O) groups is 3. The molecule has 0 saturated heterocycles. The molecule has 36 heavy (non-hydrogen) atoms. The van der Waals surface area contributed by atoms with Gasteiger partial charge in [-0.25, -0.2) is 5.48 Å². The van der Waals surface area contributed by atoms with Crippen molar-refractivity contribution in [2.75, 3.05) is 10.6 Å². The summed E-state index contributed by atoms with van der Waals surface area (Å²) in [5, 5.41) is 14.7. The molecule has 0 fully saturated rings. The van der Waals surface area contributed by atoms with E-state index in [4.69, 9.17) is 4.74 Å². The number of hydrogen-bond donors (Lipinski definition) is 4. The van der Waals surface area contributed by atoms with Gasteiger partial charge in [-0.15, -0.1) is 0 Å². The number of rotatable bonds is 8. The predicted molar refractivity (Wildman–Crippen MR) is 135 cm³/mol. The van der Waals surface area contributed by atoms with Crippen LogP contribution in [-0.4, -0.2) is 22.9 Å². The molecule has 8 heteroatoms. The van der Waals surface area contributed by atoms with E-state index in [1.54, 1.807) is 96.5 Å². The second kappa shape index (κ2) is 11.5. The van der Waals surface area contributed by atoms with Gasteiger partial charge in [0, 0.05) is 11.6 Å². The molecule has 4 aromatic rings. The molecule has 0 saturated carbocycles. The third-order valence-corrected chi connectivity index (χ3v) is 5.28. The van der Waals surface area contributed by atoms with Crippen LogP contribution in [-0.2, 0) is 9.59 Å². The maximum Gasteiger partial charge on any atom is 0.260 e. The average Bonchev–Trinajstić information content (AvgIpc) is 2.92. The maximum absolute atomic E-state index is 13.2. The molecule has 4 rings (SSSR count). The number of anilines is 2. The molecule has 1 unspecified atom stereocenters. The van der Waals surface area contributed by atoms with Crippen molar-refractivity contribution in [1.82, 2.24) is 5.48 Å². The topological polar surface area (TPSA) is 117 Å². The highest BCUT2D eigenvalue weighted by Gasteiger charge is 2.29. The Hall–Kier alpha value is -4.95. The summed E-state index contributed by atoms with van der Waals surface area (Å²) in [5.74, 6) is -2.28. The number of nitrogens with one attached hydrogen (secondary N) is 3. The fraction of sp³-hybridized carbons (Fsp3) is 0.0357. The molecule has 0 aromatic heterocycles. The van der Waals surface area contributed by atoms with E-state index >= 15 is 0 Å². The molecule has 3 amide bonds. The Bertz CT molecular complexity index is 1350. The predicted octanol–water partition coefficient (Wildman–Crippen LogP) is 4.96. The molecule has 1 atom stereocenters. The van der Waals surface area contributed by atoms with E-state index in [2.05, 4.69) is 10.6 Å². The Morgan fingerprint density at radius 2 is 1.25 bits per heavy atom. The molecule has 0 spiro atoms. The van der Waals surface area contributed by atoms with Crippen LogP contribution >= 0.6 is 0 Å². The summed E-state index contributed by atoms with van der Waals surface area (Å²) in [6.07, 6.45) is 0. The van der Waals surface area contributed by atoms with Crippen molar-refractivity contribution in [2.45, 2.75) is 5.92 Å². The van der Waals surface area contributed by atoms with Gasteiger partial charge in [-0.2, -0.15) is 0 Å². The fourth-order valence-corrected chi connectivity index (χ4v) is 3.54. The van der Waals surface area contributed by atoms with Gasteiger partial charge in [-0.05, 0) is 42.0 Å². The minimum Gasteiger partial charge on any atom is -0.457 e. The number of ether oxygens (including phenoxy) is 1.